The zero-order valence-corrected chi connectivity index (χ0v) is 18.2. The number of benzene rings is 1. The van der Waals surface area contributed by atoms with Gasteiger partial charge in [-0.15, -0.1) is 0 Å². The normalized spacial score (nSPS) is 14.5. The summed E-state index contributed by atoms with van der Waals surface area (Å²) in [5, 5.41) is 25.7. The van der Waals surface area contributed by atoms with Crippen molar-refractivity contribution < 1.29 is 34.2 Å². The molecule has 7 N–H and O–H groups in total. The van der Waals surface area contributed by atoms with Crippen LogP contribution in [0.2, 0.25) is 0 Å². The lowest BCUT2D eigenvalue weighted by Crippen LogP contribution is -2.58. The Kier molecular flexibility index (Phi) is 10.3. The predicted molar refractivity (Wildman–Crippen MR) is 114 cm³/mol. The van der Waals surface area contributed by atoms with E-state index in [1.54, 1.807) is 44.2 Å². The maximum absolute atomic E-state index is 12.7. The molecule has 0 aliphatic heterocycles. The maximum Gasteiger partial charge on any atom is 0.326 e. The fourth-order valence-electron chi connectivity index (χ4n) is 2.79. The van der Waals surface area contributed by atoms with Gasteiger partial charge < -0.3 is 31.9 Å². The van der Waals surface area contributed by atoms with Gasteiger partial charge in [0.2, 0.25) is 17.7 Å². The number of nitrogens with two attached hydrogens (primary N) is 1. The van der Waals surface area contributed by atoms with Gasteiger partial charge >= 0.3 is 11.9 Å². The zero-order chi connectivity index (χ0) is 24.4. The standard InChI is InChI=1S/C21H30N4O7/c1-11(2)17(25-18(28)12(3)22)20(30)23-14(10-16(26)27)19(29)24-15(21(31)32)9-13-7-5-4-6-8-13/h4-8,11-12,14-15,17H,9-10,22H2,1-3H3,(H,23,30)(H,24,29)(H,25,28)(H,26,27)(H,31,32). The zero-order valence-electron chi connectivity index (χ0n) is 18.2. The maximum atomic E-state index is 12.7. The third kappa shape index (κ3) is 8.72. The van der Waals surface area contributed by atoms with E-state index in [1.807, 2.05) is 0 Å². The molecule has 0 aromatic heterocycles. The highest BCUT2D eigenvalue weighted by Gasteiger charge is 2.32. The predicted octanol–water partition coefficient (Wildman–Crippen LogP) is -0.754. The molecule has 0 saturated carbocycles. The molecule has 0 heterocycles. The van der Waals surface area contributed by atoms with Gasteiger partial charge in [0.05, 0.1) is 12.5 Å². The number of carbonyl (C=O) groups excluding carboxylic acids is 3. The van der Waals surface area contributed by atoms with E-state index in [1.165, 1.54) is 6.92 Å². The second-order valence-electron chi connectivity index (χ2n) is 7.77. The summed E-state index contributed by atoms with van der Waals surface area (Å²) >= 11 is 0. The first-order valence-electron chi connectivity index (χ1n) is 10.1. The molecule has 11 nitrogen and oxygen atoms in total. The average Bonchev–Trinajstić information content (AvgIpc) is 2.70. The molecule has 11 heteroatoms. The Morgan fingerprint density at radius 3 is 1.88 bits per heavy atom. The van der Waals surface area contributed by atoms with E-state index in [2.05, 4.69) is 16.0 Å². The number of carboxylic acid groups (broad SMARTS) is 2. The van der Waals surface area contributed by atoms with Crippen LogP contribution in [0.15, 0.2) is 30.3 Å². The van der Waals surface area contributed by atoms with Gasteiger partial charge in [-0.2, -0.15) is 0 Å². The van der Waals surface area contributed by atoms with E-state index in [4.69, 9.17) is 10.8 Å². The van der Waals surface area contributed by atoms with E-state index in [0.717, 1.165) is 0 Å². The van der Waals surface area contributed by atoms with Crippen LogP contribution in [0.5, 0.6) is 0 Å². The quantitative estimate of drug-likeness (QED) is 0.240. The monoisotopic (exact) mass is 450 g/mol. The van der Waals surface area contributed by atoms with Crippen molar-refractivity contribution in [3.63, 3.8) is 0 Å². The third-order valence-corrected chi connectivity index (χ3v) is 4.57. The molecule has 0 aliphatic carbocycles. The van der Waals surface area contributed by atoms with Crippen LogP contribution < -0.4 is 21.7 Å². The third-order valence-electron chi connectivity index (χ3n) is 4.57. The summed E-state index contributed by atoms with van der Waals surface area (Å²) in [6, 6.07) is 3.72. The molecular weight excluding hydrogens is 420 g/mol. The minimum Gasteiger partial charge on any atom is -0.481 e. The van der Waals surface area contributed by atoms with E-state index < -0.39 is 66.2 Å². The van der Waals surface area contributed by atoms with E-state index in [-0.39, 0.29) is 6.42 Å². The molecule has 4 unspecified atom stereocenters. The van der Waals surface area contributed by atoms with Crippen LogP contribution in [0.3, 0.4) is 0 Å². The lowest BCUT2D eigenvalue weighted by molar-refractivity contribution is -0.143. The Hall–Kier alpha value is -3.47. The molecular formula is C21H30N4O7. The van der Waals surface area contributed by atoms with Gasteiger partial charge in [0.1, 0.15) is 18.1 Å². The minimum absolute atomic E-state index is 0.0330. The summed E-state index contributed by atoms with van der Waals surface area (Å²) in [6.45, 7) is 4.74. The SMILES string of the molecule is CC(N)C(=O)NC(C(=O)NC(CC(=O)O)C(=O)NC(Cc1ccccc1)C(=O)O)C(C)C. The highest BCUT2D eigenvalue weighted by Crippen LogP contribution is 2.07. The van der Waals surface area contributed by atoms with Crippen molar-refractivity contribution in [2.75, 3.05) is 0 Å². The largest absolute Gasteiger partial charge is 0.481 e. The van der Waals surface area contributed by atoms with Gasteiger partial charge in [-0.1, -0.05) is 44.2 Å². The molecule has 176 valence electrons. The number of nitrogens with one attached hydrogen (secondary N) is 3. The van der Waals surface area contributed by atoms with Crippen molar-refractivity contribution in [3.05, 3.63) is 35.9 Å². The topological polar surface area (TPSA) is 188 Å². The molecule has 0 spiro atoms. The number of carbonyl (C=O) groups is 5. The summed E-state index contributed by atoms with van der Waals surface area (Å²) in [6.07, 6.45) is -0.810. The Labute approximate surface area is 185 Å². The van der Waals surface area contributed by atoms with Crippen molar-refractivity contribution in [3.8, 4) is 0 Å². The molecule has 1 aromatic carbocycles. The molecule has 3 amide bonds. The molecule has 0 fully saturated rings. The van der Waals surface area contributed by atoms with Crippen LogP contribution in [0.25, 0.3) is 0 Å². The van der Waals surface area contributed by atoms with Crippen molar-refractivity contribution in [1.82, 2.24) is 16.0 Å². The molecule has 0 bridgehead atoms. The van der Waals surface area contributed by atoms with Gasteiger partial charge in [-0.05, 0) is 18.4 Å². The molecule has 1 rings (SSSR count). The number of hydrogen-bond donors (Lipinski definition) is 6. The van der Waals surface area contributed by atoms with E-state index in [9.17, 15) is 29.1 Å². The fourth-order valence-corrected chi connectivity index (χ4v) is 2.79. The Morgan fingerprint density at radius 1 is 0.844 bits per heavy atom. The van der Waals surface area contributed by atoms with Crippen LogP contribution in [0.1, 0.15) is 32.8 Å². The van der Waals surface area contributed by atoms with Gasteiger partial charge in [0.15, 0.2) is 0 Å². The van der Waals surface area contributed by atoms with Crippen molar-refractivity contribution in [2.45, 2.75) is 57.8 Å². The Morgan fingerprint density at radius 2 is 1.41 bits per heavy atom. The number of amides is 3. The molecule has 0 radical (unpaired) electrons. The lowest BCUT2D eigenvalue weighted by atomic mass is 10.0. The van der Waals surface area contributed by atoms with Crippen molar-refractivity contribution in [1.29, 1.82) is 0 Å². The number of carboxylic acids is 2. The number of rotatable bonds is 12. The van der Waals surface area contributed by atoms with E-state index >= 15 is 0 Å². The summed E-state index contributed by atoms with van der Waals surface area (Å²) < 4.78 is 0. The molecule has 32 heavy (non-hydrogen) atoms. The highest BCUT2D eigenvalue weighted by molar-refractivity contribution is 5.95. The number of hydrogen-bond acceptors (Lipinski definition) is 6. The van der Waals surface area contributed by atoms with Gasteiger partial charge in [0.25, 0.3) is 0 Å². The Bertz CT molecular complexity index is 827. The average molecular weight is 450 g/mol. The van der Waals surface area contributed by atoms with Gasteiger partial charge in [0, 0.05) is 6.42 Å². The summed E-state index contributed by atoms with van der Waals surface area (Å²) in [4.78, 5) is 60.1. The van der Waals surface area contributed by atoms with Crippen LogP contribution in [-0.2, 0) is 30.4 Å². The second-order valence-corrected chi connectivity index (χ2v) is 7.77. The summed E-state index contributed by atoms with van der Waals surface area (Å²) in [5.74, 6) is -5.42. The first-order valence-corrected chi connectivity index (χ1v) is 10.1. The van der Waals surface area contributed by atoms with E-state index in [0.29, 0.717) is 5.56 Å². The second kappa shape index (κ2) is 12.4. The molecule has 0 saturated heterocycles. The van der Waals surface area contributed by atoms with Crippen LogP contribution in [0, 0.1) is 5.92 Å². The van der Waals surface area contributed by atoms with Crippen molar-refractivity contribution in [2.24, 2.45) is 11.7 Å². The first-order chi connectivity index (χ1) is 14.9. The molecule has 1 aromatic rings. The van der Waals surface area contributed by atoms with Crippen molar-refractivity contribution >= 4 is 29.7 Å². The van der Waals surface area contributed by atoms with Gasteiger partial charge in [-0.3, -0.25) is 19.2 Å². The smallest absolute Gasteiger partial charge is 0.326 e. The lowest BCUT2D eigenvalue weighted by Gasteiger charge is -2.26. The Balaban J connectivity index is 2.97. The number of aliphatic carboxylic acids is 2. The molecule has 0 aliphatic rings. The summed E-state index contributed by atoms with van der Waals surface area (Å²) in [5.41, 5.74) is 6.16. The highest BCUT2D eigenvalue weighted by atomic mass is 16.4. The van der Waals surface area contributed by atoms with Crippen LogP contribution >= 0.6 is 0 Å². The van der Waals surface area contributed by atoms with Gasteiger partial charge in [-0.25, -0.2) is 4.79 Å². The van der Waals surface area contributed by atoms with Crippen LogP contribution in [-0.4, -0.2) is 64.0 Å². The fraction of sp³-hybridized carbons (Fsp3) is 0.476. The summed E-state index contributed by atoms with van der Waals surface area (Å²) in [7, 11) is 0. The van der Waals surface area contributed by atoms with Crippen LogP contribution in [0.4, 0.5) is 0 Å². The minimum atomic E-state index is -1.55. The molecule has 4 atom stereocenters. The first kappa shape index (κ1) is 26.6.